The molecule has 0 rings (SSSR count). The Morgan fingerprint density at radius 1 is 1.14 bits per heavy atom. The van der Waals surface area contributed by atoms with Gasteiger partial charge in [-0.25, -0.2) is 0 Å². The van der Waals surface area contributed by atoms with Crippen LogP contribution in [-0.2, 0) is 0 Å². The van der Waals surface area contributed by atoms with E-state index in [1.807, 2.05) is 0 Å². The molecule has 40 valence electrons. The van der Waals surface area contributed by atoms with Gasteiger partial charge in [0.2, 0.25) is 3.79 Å². The van der Waals surface area contributed by atoms with Crippen molar-refractivity contribution in [1.82, 2.24) is 0 Å². The quantitative estimate of drug-likeness (QED) is 0.421. The zero-order valence-corrected chi connectivity index (χ0v) is 5.74. The topological polar surface area (TPSA) is 0 Å². The molecule has 0 unspecified atom stereocenters. The molecule has 0 amide bonds. The minimum atomic E-state index is -1.28. The molecule has 0 aliphatic heterocycles. The summed E-state index contributed by atoms with van der Waals surface area (Å²) in [6.07, 6.45) is 0. The van der Waals surface area contributed by atoms with E-state index >= 15 is 0 Å². The monoisotopic (exact) mass is 206 g/mol. The second-order valence-electron chi connectivity index (χ2n) is 0.749. The molecule has 0 heterocycles. The van der Waals surface area contributed by atoms with Crippen LogP contribution in [0.2, 0.25) is 0 Å². The fourth-order valence-electron chi connectivity index (χ4n) is 0. The van der Waals surface area contributed by atoms with Crippen LogP contribution in [0.25, 0.3) is 0 Å². The third kappa shape index (κ3) is 12.1. The van der Waals surface area contributed by atoms with E-state index in [1.165, 1.54) is 0 Å². The molecule has 0 aromatic heterocycles. The van der Waals surface area contributed by atoms with Crippen LogP contribution >= 0.6 is 46.4 Å². The summed E-state index contributed by atoms with van der Waals surface area (Å²) in [6.45, 7) is 0. The molecule has 0 saturated heterocycles. The predicted octanol–water partition coefficient (Wildman–Crippen LogP) is 1.95. The summed E-state index contributed by atoms with van der Waals surface area (Å²) in [5.41, 5.74) is 0. The van der Waals surface area contributed by atoms with E-state index in [4.69, 9.17) is 46.4 Å². The SMILES string of the molecule is ClCC(Cl)(Cl)Cl.[KH]. The molecule has 0 aliphatic carbocycles. The molecule has 0 nitrogen and oxygen atoms in total. The van der Waals surface area contributed by atoms with E-state index in [2.05, 4.69) is 0 Å². The van der Waals surface area contributed by atoms with Crippen LogP contribution in [0, 0.1) is 0 Å². The zero-order valence-electron chi connectivity index (χ0n) is 2.72. The standard InChI is InChI=1S/C2H2Cl4.K.H/c3-1-2(4,5)6;;/h1H2;;. The van der Waals surface area contributed by atoms with Gasteiger partial charge in [-0.3, -0.25) is 0 Å². The molecule has 0 radical (unpaired) electrons. The third-order valence-corrected chi connectivity index (χ3v) is 1.36. The number of rotatable bonds is 0. The van der Waals surface area contributed by atoms with Crippen molar-refractivity contribution in [2.75, 3.05) is 5.88 Å². The van der Waals surface area contributed by atoms with Crippen LogP contribution in [0.15, 0.2) is 0 Å². The number of halogens is 4. The van der Waals surface area contributed by atoms with E-state index in [0.717, 1.165) is 0 Å². The van der Waals surface area contributed by atoms with Crippen LogP contribution in [0.1, 0.15) is 0 Å². The molecule has 5 heteroatoms. The van der Waals surface area contributed by atoms with E-state index in [1.54, 1.807) is 0 Å². The van der Waals surface area contributed by atoms with Crippen LogP contribution in [0.5, 0.6) is 0 Å². The van der Waals surface area contributed by atoms with Gasteiger partial charge in [0.05, 0.1) is 5.88 Å². The summed E-state index contributed by atoms with van der Waals surface area (Å²) in [7, 11) is 0. The van der Waals surface area contributed by atoms with Gasteiger partial charge in [0, 0.05) is 0 Å². The van der Waals surface area contributed by atoms with Gasteiger partial charge in [-0.15, -0.1) is 11.6 Å². The van der Waals surface area contributed by atoms with E-state index in [9.17, 15) is 0 Å². The van der Waals surface area contributed by atoms with E-state index < -0.39 is 3.79 Å². The molecule has 0 aliphatic rings. The average Bonchev–Trinajstić information content (AvgIpc) is 1.35. The number of hydrogen-bond acceptors (Lipinski definition) is 0. The Labute approximate surface area is 105 Å². The molecular formula is C2H3Cl4K. The number of alkyl halides is 4. The normalized spacial score (nSPS) is 10.3. The van der Waals surface area contributed by atoms with Crippen molar-refractivity contribution in [2.24, 2.45) is 0 Å². The second kappa shape index (κ2) is 5.57. The molecule has 0 aromatic rings. The van der Waals surface area contributed by atoms with Gasteiger partial charge in [0.1, 0.15) is 0 Å². The first-order chi connectivity index (χ1) is 2.56. The van der Waals surface area contributed by atoms with Gasteiger partial charge < -0.3 is 0 Å². The molecule has 0 saturated carbocycles. The number of hydrogen-bond donors (Lipinski definition) is 0. The van der Waals surface area contributed by atoms with Crippen molar-refractivity contribution in [3.05, 3.63) is 0 Å². The van der Waals surface area contributed by atoms with Crippen LogP contribution in [0.3, 0.4) is 0 Å². The molecular weight excluding hydrogens is 205 g/mol. The summed E-state index contributed by atoms with van der Waals surface area (Å²) >= 11 is 20.4. The molecule has 0 atom stereocenters. The summed E-state index contributed by atoms with van der Waals surface area (Å²) in [6, 6.07) is 0. The first kappa shape index (κ1) is 12.5. The van der Waals surface area contributed by atoms with Crippen molar-refractivity contribution in [3.63, 3.8) is 0 Å². The van der Waals surface area contributed by atoms with Crippen molar-refractivity contribution >= 4 is 97.8 Å². The van der Waals surface area contributed by atoms with Crippen LogP contribution < -0.4 is 0 Å². The Morgan fingerprint density at radius 2 is 1.29 bits per heavy atom. The van der Waals surface area contributed by atoms with Crippen LogP contribution in [-0.4, -0.2) is 61.1 Å². The Hall–Kier alpha value is 2.80. The summed E-state index contributed by atoms with van der Waals surface area (Å²) in [5.74, 6) is 0.0394. The Kier molecular flexibility index (Phi) is 9.93. The minimum absolute atomic E-state index is 0. The first-order valence-corrected chi connectivity index (χ1v) is 2.86. The van der Waals surface area contributed by atoms with Crippen molar-refractivity contribution in [3.8, 4) is 0 Å². The Morgan fingerprint density at radius 3 is 1.29 bits per heavy atom. The molecule has 0 spiro atoms. The maximum atomic E-state index is 5.12. The second-order valence-corrected chi connectivity index (χ2v) is 3.53. The van der Waals surface area contributed by atoms with Gasteiger partial charge in [-0.05, 0) is 0 Å². The van der Waals surface area contributed by atoms with E-state index in [0.29, 0.717) is 0 Å². The Bertz CT molecular complexity index is 39.4. The fraction of sp³-hybridized carbons (Fsp3) is 1.00. The van der Waals surface area contributed by atoms with Gasteiger partial charge in [-0.2, -0.15) is 0 Å². The fourth-order valence-corrected chi connectivity index (χ4v) is 0. The maximum absolute atomic E-state index is 5.12. The van der Waals surface area contributed by atoms with Gasteiger partial charge >= 0.3 is 51.4 Å². The molecule has 0 N–H and O–H groups in total. The molecule has 0 fully saturated rings. The Balaban J connectivity index is 0. The summed E-state index contributed by atoms with van der Waals surface area (Å²) in [4.78, 5) is 0. The molecule has 7 heavy (non-hydrogen) atoms. The first-order valence-electron chi connectivity index (χ1n) is 1.19. The average molecular weight is 208 g/mol. The van der Waals surface area contributed by atoms with Gasteiger partial charge in [0.25, 0.3) is 0 Å². The van der Waals surface area contributed by atoms with Crippen LogP contribution in [0.4, 0.5) is 0 Å². The molecule has 0 bridgehead atoms. The van der Waals surface area contributed by atoms with Gasteiger partial charge in [-0.1, -0.05) is 34.8 Å². The van der Waals surface area contributed by atoms with Gasteiger partial charge in [0.15, 0.2) is 0 Å². The summed E-state index contributed by atoms with van der Waals surface area (Å²) in [5, 5.41) is 0. The predicted molar refractivity (Wildman–Crippen MR) is 38.2 cm³/mol. The summed E-state index contributed by atoms with van der Waals surface area (Å²) < 4.78 is -1.28. The van der Waals surface area contributed by atoms with Crippen molar-refractivity contribution < 1.29 is 0 Å². The molecule has 0 aromatic carbocycles. The van der Waals surface area contributed by atoms with Crippen molar-refractivity contribution in [2.45, 2.75) is 3.79 Å². The van der Waals surface area contributed by atoms with E-state index in [-0.39, 0.29) is 57.3 Å². The zero-order chi connectivity index (χ0) is 5.21. The third-order valence-electron chi connectivity index (χ3n) is 0.152. The van der Waals surface area contributed by atoms with Crippen molar-refractivity contribution in [1.29, 1.82) is 0 Å².